The Kier molecular flexibility index (Phi) is 3.24. The summed E-state index contributed by atoms with van der Waals surface area (Å²) in [6.07, 6.45) is 0. The maximum atomic E-state index is 13.5. The van der Waals surface area contributed by atoms with Crippen LogP contribution in [0.15, 0.2) is 12.1 Å². The molecule has 4 heteroatoms. The van der Waals surface area contributed by atoms with Crippen LogP contribution in [0.3, 0.4) is 0 Å². The summed E-state index contributed by atoms with van der Waals surface area (Å²) in [6, 6.07) is 3.19. The predicted octanol–water partition coefficient (Wildman–Crippen LogP) is 3.37. The van der Waals surface area contributed by atoms with Crippen LogP contribution in [-0.2, 0) is 0 Å². The first kappa shape index (κ1) is 11.5. The third-order valence-corrected chi connectivity index (χ3v) is 3.22. The molecule has 0 fully saturated rings. The zero-order chi connectivity index (χ0) is 11.7. The quantitative estimate of drug-likeness (QED) is 0.812. The summed E-state index contributed by atoms with van der Waals surface area (Å²) in [4.78, 5) is 2.18. The van der Waals surface area contributed by atoms with E-state index in [9.17, 15) is 4.39 Å². The van der Waals surface area contributed by atoms with Crippen molar-refractivity contribution in [2.45, 2.75) is 13.8 Å². The number of hydrogen-bond acceptors (Lipinski definition) is 2. The first-order valence-electron chi connectivity index (χ1n) is 5.59. The van der Waals surface area contributed by atoms with Crippen LogP contribution in [0.2, 0.25) is 5.02 Å². The molecule has 88 valence electrons. The van der Waals surface area contributed by atoms with Crippen LogP contribution in [0.25, 0.3) is 0 Å². The lowest BCUT2D eigenvalue weighted by Gasteiger charge is -2.24. The number of rotatable bonds is 1. The van der Waals surface area contributed by atoms with Crippen molar-refractivity contribution < 1.29 is 4.39 Å². The molecule has 1 N–H and O–H groups in total. The van der Waals surface area contributed by atoms with Gasteiger partial charge in [-0.05, 0) is 18.9 Å². The summed E-state index contributed by atoms with van der Waals surface area (Å²) >= 11 is 5.79. The van der Waals surface area contributed by atoms with Crippen LogP contribution in [0.1, 0.15) is 13.8 Å². The van der Waals surface area contributed by atoms with Gasteiger partial charge < -0.3 is 10.2 Å². The van der Waals surface area contributed by atoms with Crippen LogP contribution in [0.4, 0.5) is 15.8 Å². The van der Waals surface area contributed by atoms with Crippen molar-refractivity contribution in [2.75, 3.05) is 29.9 Å². The SMILES string of the molecule is CCN1CC(C)CNc2cc(Cl)c(F)cc21. The van der Waals surface area contributed by atoms with E-state index in [0.717, 1.165) is 31.0 Å². The average Bonchev–Trinajstić information content (AvgIpc) is 2.40. The van der Waals surface area contributed by atoms with Crippen molar-refractivity contribution in [1.29, 1.82) is 0 Å². The molecule has 1 aliphatic heterocycles. The molecule has 0 spiro atoms. The molecule has 0 amide bonds. The van der Waals surface area contributed by atoms with E-state index in [-0.39, 0.29) is 10.8 Å². The van der Waals surface area contributed by atoms with Gasteiger partial charge in [0.25, 0.3) is 0 Å². The van der Waals surface area contributed by atoms with Crippen LogP contribution < -0.4 is 10.2 Å². The molecule has 1 heterocycles. The highest BCUT2D eigenvalue weighted by Crippen LogP contribution is 2.33. The van der Waals surface area contributed by atoms with Gasteiger partial charge in [-0.25, -0.2) is 4.39 Å². The Balaban J connectivity index is 2.45. The number of fused-ring (bicyclic) bond motifs is 1. The molecule has 0 saturated heterocycles. The van der Waals surface area contributed by atoms with Gasteiger partial charge in [-0.2, -0.15) is 0 Å². The fraction of sp³-hybridized carbons (Fsp3) is 0.500. The largest absolute Gasteiger partial charge is 0.383 e. The topological polar surface area (TPSA) is 15.3 Å². The molecule has 2 rings (SSSR count). The second-order valence-electron chi connectivity index (χ2n) is 4.31. The van der Waals surface area contributed by atoms with Crippen molar-refractivity contribution in [3.63, 3.8) is 0 Å². The molecular weight excluding hydrogens is 227 g/mol. The lowest BCUT2D eigenvalue weighted by Crippen LogP contribution is -2.28. The highest BCUT2D eigenvalue weighted by atomic mass is 35.5. The summed E-state index contributed by atoms with van der Waals surface area (Å²) in [5.41, 5.74) is 1.84. The highest BCUT2D eigenvalue weighted by Gasteiger charge is 2.19. The van der Waals surface area contributed by atoms with E-state index in [2.05, 4.69) is 24.1 Å². The summed E-state index contributed by atoms with van der Waals surface area (Å²) in [7, 11) is 0. The van der Waals surface area contributed by atoms with Gasteiger partial charge in [-0.3, -0.25) is 0 Å². The van der Waals surface area contributed by atoms with E-state index in [1.54, 1.807) is 6.07 Å². The molecule has 16 heavy (non-hydrogen) atoms. The van der Waals surface area contributed by atoms with Crippen LogP contribution >= 0.6 is 11.6 Å². The van der Waals surface area contributed by atoms with Crippen LogP contribution in [0.5, 0.6) is 0 Å². The minimum Gasteiger partial charge on any atom is -0.383 e. The minimum atomic E-state index is -0.352. The van der Waals surface area contributed by atoms with Crippen molar-refractivity contribution in [2.24, 2.45) is 5.92 Å². The lowest BCUT2D eigenvalue weighted by atomic mass is 10.2. The average molecular weight is 243 g/mol. The Morgan fingerprint density at radius 2 is 2.31 bits per heavy atom. The minimum absolute atomic E-state index is 0.178. The molecule has 1 aliphatic rings. The number of nitrogens with one attached hydrogen (secondary N) is 1. The first-order valence-corrected chi connectivity index (χ1v) is 5.97. The molecule has 1 aromatic carbocycles. The Labute approximate surface area is 100 Å². The first-order chi connectivity index (χ1) is 7.61. The molecule has 0 radical (unpaired) electrons. The van der Waals surface area contributed by atoms with Gasteiger partial charge in [0, 0.05) is 25.7 Å². The van der Waals surface area contributed by atoms with Gasteiger partial charge in [0.1, 0.15) is 5.82 Å². The van der Waals surface area contributed by atoms with E-state index in [0.29, 0.717) is 5.92 Å². The van der Waals surface area contributed by atoms with Crippen molar-refractivity contribution in [1.82, 2.24) is 0 Å². The fourth-order valence-corrected chi connectivity index (χ4v) is 2.23. The van der Waals surface area contributed by atoms with Gasteiger partial charge in [0.15, 0.2) is 0 Å². The molecule has 0 bridgehead atoms. The number of anilines is 2. The molecule has 2 nitrogen and oxygen atoms in total. The van der Waals surface area contributed by atoms with Crippen LogP contribution in [0, 0.1) is 11.7 Å². The summed E-state index contributed by atoms with van der Waals surface area (Å²) in [5, 5.41) is 3.49. The van der Waals surface area contributed by atoms with Crippen molar-refractivity contribution in [3.05, 3.63) is 23.0 Å². The van der Waals surface area contributed by atoms with Gasteiger partial charge >= 0.3 is 0 Å². The molecule has 1 aromatic rings. The highest BCUT2D eigenvalue weighted by molar-refractivity contribution is 6.31. The van der Waals surface area contributed by atoms with Crippen molar-refractivity contribution >= 4 is 23.0 Å². The number of halogens is 2. The van der Waals surface area contributed by atoms with E-state index in [1.807, 2.05) is 0 Å². The predicted molar refractivity (Wildman–Crippen MR) is 67.0 cm³/mol. The standard InChI is InChI=1S/C12H16ClFN2/c1-3-16-7-8(2)6-15-11-4-9(13)10(14)5-12(11)16/h4-5,8,15H,3,6-7H2,1-2H3. The van der Waals surface area contributed by atoms with Crippen molar-refractivity contribution in [3.8, 4) is 0 Å². The van der Waals surface area contributed by atoms with Gasteiger partial charge in [-0.1, -0.05) is 18.5 Å². The Morgan fingerprint density at radius 1 is 1.56 bits per heavy atom. The zero-order valence-corrected chi connectivity index (χ0v) is 10.3. The molecule has 1 unspecified atom stereocenters. The maximum Gasteiger partial charge on any atom is 0.144 e. The van der Waals surface area contributed by atoms with Crippen LogP contribution in [-0.4, -0.2) is 19.6 Å². The van der Waals surface area contributed by atoms with Gasteiger partial charge in [0.2, 0.25) is 0 Å². The van der Waals surface area contributed by atoms with E-state index in [1.165, 1.54) is 6.07 Å². The third kappa shape index (κ3) is 2.09. The maximum absolute atomic E-state index is 13.5. The summed E-state index contributed by atoms with van der Waals surface area (Å²) in [6.45, 7) is 6.97. The van der Waals surface area contributed by atoms with Gasteiger partial charge in [0.05, 0.1) is 16.4 Å². The Morgan fingerprint density at radius 3 is 3.00 bits per heavy atom. The van der Waals surface area contributed by atoms with Gasteiger partial charge in [-0.15, -0.1) is 0 Å². The molecule has 0 aliphatic carbocycles. The second-order valence-corrected chi connectivity index (χ2v) is 4.72. The molecular formula is C12H16ClFN2. The number of hydrogen-bond donors (Lipinski definition) is 1. The fourth-order valence-electron chi connectivity index (χ4n) is 2.06. The molecule has 0 aromatic heterocycles. The smallest absolute Gasteiger partial charge is 0.144 e. The summed E-state index contributed by atoms with van der Waals surface area (Å²) < 4.78 is 13.5. The Bertz CT molecular complexity index is 395. The normalized spacial score (nSPS) is 20.0. The molecule has 0 saturated carbocycles. The monoisotopic (exact) mass is 242 g/mol. The Hall–Kier alpha value is -0.960. The van der Waals surface area contributed by atoms with E-state index >= 15 is 0 Å². The lowest BCUT2D eigenvalue weighted by molar-refractivity contribution is 0.599. The number of nitrogens with zero attached hydrogens (tertiary/aromatic N) is 1. The number of benzene rings is 1. The summed E-state index contributed by atoms with van der Waals surface area (Å²) in [5.74, 6) is 0.185. The van der Waals surface area contributed by atoms with E-state index < -0.39 is 0 Å². The van der Waals surface area contributed by atoms with E-state index in [4.69, 9.17) is 11.6 Å². The zero-order valence-electron chi connectivity index (χ0n) is 9.56. The molecule has 1 atom stereocenters. The third-order valence-electron chi connectivity index (χ3n) is 2.93. The second kappa shape index (κ2) is 4.50.